The Bertz CT molecular complexity index is 265. The van der Waals surface area contributed by atoms with Gasteiger partial charge in [-0.3, -0.25) is 0 Å². The predicted octanol–water partition coefficient (Wildman–Crippen LogP) is 3.15. The van der Waals surface area contributed by atoms with Crippen LogP contribution in [0.5, 0.6) is 0 Å². The highest BCUT2D eigenvalue weighted by atomic mass is 32.2. The molecule has 3 heteroatoms. The molecule has 1 atom stereocenters. The zero-order valence-electron chi connectivity index (χ0n) is 9.02. The first-order valence-electron chi connectivity index (χ1n) is 5.69. The minimum absolute atomic E-state index is 0.368. The van der Waals surface area contributed by atoms with E-state index >= 15 is 0 Å². The normalized spacial score (nSPS) is 20.3. The summed E-state index contributed by atoms with van der Waals surface area (Å²) in [5, 5.41) is 4.36. The first kappa shape index (κ1) is 11.5. The maximum Gasteiger partial charge on any atom is 0.00822 e. The van der Waals surface area contributed by atoms with Crippen LogP contribution >= 0.6 is 23.1 Å². The quantitative estimate of drug-likeness (QED) is 0.876. The molecule has 2 rings (SSSR count). The topological polar surface area (TPSA) is 26.0 Å². The van der Waals surface area contributed by atoms with Gasteiger partial charge < -0.3 is 5.73 Å². The van der Waals surface area contributed by atoms with Crippen LogP contribution in [0.25, 0.3) is 0 Å². The summed E-state index contributed by atoms with van der Waals surface area (Å²) in [4.78, 5) is 0. The molecular weight excluding hydrogens is 222 g/mol. The molecule has 2 heterocycles. The molecule has 1 aliphatic heterocycles. The summed E-state index contributed by atoms with van der Waals surface area (Å²) in [7, 11) is 0. The summed E-state index contributed by atoms with van der Waals surface area (Å²) in [5.41, 5.74) is 7.61. The molecule has 0 radical (unpaired) electrons. The molecule has 1 fully saturated rings. The molecule has 1 aromatic heterocycles. The van der Waals surface area contributed by atoms with E-state index in [0.29, 0.717) is 6.04 Å². The van der Waals surface area contributed by atoms with Gasteiger partial charge in [0, 0.05) is 6.04 Å². The summed E-state index contributed by atoms with van der Waals surface area (Å²) in [6.07, 6.45) is 5.04. The number of hydrogen-bond donors (Lipinski definition) is 1. The van der Waals surface area contributed by atoms with Crippen molar-refractivity contribution in [3.05, 3.63) is 22.4 Å². The average molecular weight is 241 g/mol. The van der Waals surface area contributed by atoms with E-state index in [0.717, 1.165) is 12.3 Å². The molecule has 0 spiro atoms. The van der Waals surface area contributed by atoms with Crippen molar-refractivity contribution in [2.75, 3.05) is 11.5 Å². The van der Waals surface area contributed by atoms with E-state index in [1.54, 1.807) is 11.3 Å². The first-order chi connectivity index (χ1) is 7.34. The SMILES string of the molecule is NC(Cc1ccsc1)CC1CCSCC1. The van der Waals surface area contributed by atoms with Crippen LogP contribution in [0.3, 0.4) is 0 Å². The highest BCUT2D eigenvalue weighted by Gasteiger charge is 2.17. The third-order valence-electron chi connectivity index (χ3n) is 3.05. The van der Waals surface area contributed by atoms with Crippen molar-refractivity contribution in [1.82, 2.24) is 0 Å². The fourth-order valence-corrected chi connectivity index (χ4v) is 4.09. The number of thiophene rings is 1. The molecule has 1 aromatic rings. The zero-order chi connectivity index (χ0) is 10.5. The van der Waals surface area contributed by atoms with Crippen LogP contribution in [0, 0.1) is 5.92 Å². The van der Waals surface area contributed by atoms with Gasteiger partial charge in [-0.15, -0.1) is 0 Å². The average Bonchev–Trinajstić information content (AvgIpc) is 2.71. The van der Waals surface area contributed by atoms with Gasteiger partial charge >= 0.3 is 0 Å². The summed E-state index contributed by atoms with van der Waals surface area (Å²) in [6.45, 7) is 0. The van der Waals surface area contributed by atoms with Gasteiger partial charge in [-0.2, -0.15) is 23.1 Å². The van der Waals surface area contributed by atoms with Gasteiger partial charge in [0.15, 0.2) is 0 Å². The molecule has 1 nitrogen and oxygen atoms in total. The van der Waals surface area contributed by atoms with Crippen LogP contribution in [0.15, 0.2) is 16.8 Å². The third-order valence-corrected chi connectivity index (χ3v) is 4.84. The highest BCUT2D eigenvalue weighted by Crippen LogP contribution is 2.26. The minimum atomic E-state index is 0.368. The minimum Gasteiger partial charge on any atom is -0.327 e. The molecule has 0 amide bonds. The molecule has 1 aliphatic rings. The van der Waals surface area contributed by atoms with Gasteiger partial charge in [0.25, 0.3) is 0 Å². The number of hydrogen-bond acceptors (Lipinski definition) is 3. The second-order valence-electron chi connectivity index (χ2n) is 4.39. The third kappa shape index (κ3) is 3.82. The smallest absolute Gasteiger partial charge is 0.00822 e. The van der Waals surface area contributed by atoms with Gasteiger partial charge in [0.1, 0.15) is 0 Å². The van der Waals surface area contributed by atoms with Crippen molar-refractivity contribution in [1.29, 1.82) is 0 Å². The Labute approximate surface area is 100 Å². The van der Waals surface area contributed by atoms with Crippen molar-refractivity contribution in [2.24, 2.45) is 11.7 Å². The maximum atomic E-state index is 6.19. The van der Waals surface area contributed by atoms with Gasteiger partial charge in [-0.1, -0.05) is 0 Å². The van der Waals surface area contributed by atoms with Crippen LogP contribution in [-0.2, 0) is 6.42 Å². The summed E-state index contributed by atoms with van der Waals surface area (Å²) >= 11 is 3.86. The standard InChI is InChI=1S/C12H19NS2/c13-12(8-11-3-6-15-9-11)7-10-1-4-14-5-2-10/h3,6,9-10,12H,1-2,4-5,7-8,13H2. The Kier molecular flexibility index (Phi) is 4.54. The monoisotopic (exact) mass is 241 g/mol. The second-order valence-corrected chi connectivity index (χ2v) is 6.39. The Balaban J connectivity index is 1.74. The molecule has 0 aliphatic carbocycles. The fraction of sp³-hybridized carbons (Fsp3) is 0.667. The van der Waals surface area contributed by atoms with E-state index in [-0.39, 0.29) is 0 Å². The molecule has 2 N–H and O–H groups in total. The first-order valence-corrected chi connectivity index (χ1v) is 7.79. The van der Waals surface area contributed by atoms with Gasteiger partial charge in [-0.05, 0) is 65.5 Å². The molecule has 15 heavy (non-hydrogen) atoms. The highest BCUT2D eigenvalue weighted by molar-refractivity contribution is 7.99. The lowest BCUT2D eigenvalue weighted by atomic mass is 9.92. The van der Waals surface area contributed by atoms with Crippen molar-refractivity contribution in [3.63, 3.8) is 0 Å². The van der Waals surface area contributed by atoms with Crippen LogP contribution in [0.1, 0.15) is 24.8 Å². The van der Waals surface area contributed by atoms with E-state index in [2.05, 4.69) is 28.6 Å². The Morgan fingerprint density at radius 2 is 2.20 bits per heavy atom. The lowest BCUT2D eigenvalue weighted by Gasteiger charge is -2.24. The van der Waals surface area contributed by atoms with E-state index in [1.807, 2.05) is 0 Å². The van der Waals surface area contributed by atoms with E-state index in [4.69, 9.17) is 5.73 Å². The lowest BCUT2D eigenvalue weighted by Crippen LogP contribution is -2.27. The van der Waals surface area contributed by atoms with E-state index in [9.17, 15) is 0 Å². The molecule has 84 valence electrons. The fourth-order valence-electron chi connectivity index (χ4n) is 2.21. The van der Waals surface area contributed by atoms with Crippen molar-refractivity contribution in [2.45, 2.75) is 31.7 Å². The largest absolute Gasteiger partial charge is 0.327 e. The van der Waals surface area contributed by atoms with Crippen molar-refractivity contribution >= 4 is 23.1 Å². The molecule has 0 saturated carbocycles. The Hall–Kier alpha value is 0.01000. The molecule has 1 unspecified atom stereocenters. The van der Waals surface area contributed by atoms with Crippen LogP contribution < -0.4 is 5.73 Å². The Morgan fingerprint density at radius 3 is 2.87 bits per heavy atom. The van der Waals surface area contributed by atoms with Crippen LogP contribution in [0.4, 0.5) is 0 Å². The van der Waals surface area contributed by atoms with Gasteiger partial charge in [0.2, 0.25) is 0 Å². The number of nitrogens with two attached hydrogens (primary N) is 1. The second kappa shape index (κ2) is 5.92. The molecule has 0 bridgehead atoms. The zero-order valence-corrected chi connectivity index (χ0v) is 10.7. The van der Waals surface area contributed by atoms with Gasteiger partial charge in [-0.25, -0.2) is 0 Å². The molecular formula is C12H19NS2. The summed E-state index contributed by atoms with van der Waals surface area (Å²) in [5.74, 6) is 3.57. The van der Waals surface area contributed by atoms with E-state index < -0.39 is 0 Å². The number of thioether (sulfide) groups is 1. The van der Waals surface area contributed by atoms with Crippen molar-refractivity contribution < 1.29 is 0 Å². The van der Waals surface area contributed by atoms with Crippen LogP contribution in [-0.4, -0.2) is 17.5 Å². The van der Waals surface area contributed by atoms with Gasteiger partial charge in [0.05, 0.1) is 0 Å². The van der Waals surface area contributed by atoms with Crippen molar-refractivity contribution in [3.8, 4) is 0 Å². The van der Waals surface area contributed by atoms with E-state index in [1.165, 1.54) is 36.3 Å². The summed E-state index contributed by atoms with van der Waals surface area (Å²) < 4.78 is 0. The molecule has 1 saturated heterocycles. The summed E-state index contributed by atoms with van der Waals surface area (Å²) in [6, 6.07) is 2.56. The maximum absolute atomic E-state index is 6.19. The Morgan fingerprint density at radius 1 is 1.40 bits per heavy atom. The van der Waals surface area contributed by atoms with Crippen LogP contribution in [0.2, 0.25) is 0 Å². The molecule has 0 aromatic carbocycles. The predicted molar refractivity (Wildman–Crippen MR) is 70.7 cm³/mol. The number of rotatable bonds is 4. The lowest BCUT2D eigenvalue weighted by molar-refractivity contribution is 0.406.